The zero-order chi connectivity index (χ0) is 17.3. The molecule has 120 valence electrons. The van der Waals surface area contributed by atoms with E-state index < -0.39 is 5.82 Å². The molecular weight excluding hydrogens is 311 g/mol. The number of methoxy groups -OCH3 is 1. The number of pyridine rings is 1. The van der Waals surface area contributed by atoms with Crippen LogP contribution in [0.5, 0.6) is 5.75 Å². The first-order chi connectivity index (χ1) is 11.5. The first-order valence-corrected chi connectivity index (χ1v) is 7.03. The van der Waals surface area contributed by atoms with Gasteiger partial charge >= 0.3 is 0 Å². The fourth-order valence-corrected chi connectivity index (χ4v) is 2.39. The molecule has 2 heterocycles. The van der Waals surface area contributed by atoms with Gasteiger partial charge < -0.3 is 14.0 Å². The van der Waals surface area contributed by atoms with E-state index in [1.54, 1.807) is 36.1 Å². The summed E-state index contributed by atoms with van der Waals surface area (Å²) < 4.78 is 20.1. The van der Waals surface area contributed by atoms with Gasteiger partial charge in [0.1, 0.15) is 6.07 Å². The summed E-state index contributed by atoms with van der Waals surface area (Å²) in [6.45, 7) is 0. The number of ether oxygens (including phenoxy) is 1. The molecule has 3 rings (SSSR count). The Bertz CT molecular complexity index is 974. The van der Waals surface area contributed by atoms with E-state index in [9.17, 15) is 14.4 Å². The predicted molar refractivity (Wildman–Crippen MR) is 85.6 cm³/mol. The molecule has 0 aliphatic heterocycles. The third kappa shape index (κ3) is 2.54. The van der Waals surface area contributed by atoms with Gasteiger partial charge in [-0.1, -0.05) is 0 Å². The molecule has 0 bridgehead atoms. The number of anilines is 1. The van der Waals surface area contributed by atoms with Gasteiger partial charge in [-0.3, -0.25) is 4.79 Å². The number of hydrogen-bond donors (Lipinski definition) is 0. The van der Waals surface area contributed by atoms with Gasteiger partial charge in [0.25, 0.3) is 5.91 Å². The number of imidazole rings is 1. The summed E-state index contributed by atoms with van der Waals surface area (Å²) in [5.74, 6) is -0.892. The first kappa shape index (κ1) is 15.5. The second kappa shape index (κ2) is 6.01. The molecule has 0 fully saturated rings. The van der Waals surface area contributed by atoms with Crippen molar-refractivity contribution in [1.29, 1.82) is 5.26 Å². The molecule has 3 aromatic rings. The number of aromatic nitrogens is 2. The van der Waals surface area contributed by atoms with Crippen molar-refractivity contribution in [3.63, 3.8) is 0 Å². The Kier molecular flexibility index (Phi) is 3.88. The number of carbonyl (C=O) groups is 1. The van der Waals surface area contributed by atoms with E-state index in [4.69, 9.17) is 4.74 Å². The Labute approximate surface area is 137 Å². The summed E-state index contributed by atoms with van der Waals surface area (Å²) in [7, 11) is 2.92. The second-order valence-electron chi connectivity index (χ2n) is 5.10. The maximum atomic E-state index is 13.5. The lowest BCUT2D eigenvalue weighted by atomic mass is 10.1. The normalized spacial score (nSPS) is 10.4. The molecule has 24 heavy (non-hydrogen) atoms. The maximum absolute atomic E-state index is 13.5. The van der Waals surface area contributed by atoms with Gasteiger partial charge in [-0.2, -0.15) is 5.26 Å². The van der Waals surface area contributed by atoms with Gasteiger partial charge in [0.2, 0.25) is 0 Å². The van der Waals surface area contributed by atoms with Crippen LogP contribution in [0.4, 0.5) is 10.1 Å². The summed E-state index contributed by atoms with van der Waals surface area (Å²) in [6.07, 6.45) is 4.97. The molecule has 0 saturated heterocycles. The molecule has 0 aliphatic rings. The van der Waals surface area contributed by atoms with Crippen molar-refractivity contribution in [2.45, 2.75) is 0 Å². The Morgan fingerprint density at radius 3 is 2.92 bits per heavy atom. The topological polar surface area (TPSA) is 70.6 Å². The number of rotatable bonds is 3. The average molecular weight is 324 g/mol. The van der Waals surface area contributed by atoms with Gasteiger partial charge in [0.05, 0.1) is 18.4 Å². The molecule has 0 saturated carbocycles. The van der Waals surface area contributed by atoms with Crippen LogP contribution in [0.2, 0.25) is 0 Å². The number of hydrogen-bond acceptors (Lipinski definition) is 4. The van der Waals surface area contributed by atoms with Crippen LogP contribution < -0.4 is 9.64 Å². The van der Waals surface area contributed by atoms with Crippen molar-refractivity contribution in [3.8, 4) is 11.8 Å². The fraction of sp³-hybridized carbons (Fsp3) is 0.118. The van der Waals surface area contributed by atoms with E-state index in [1.165, 1.54) is 30.2 Å². The average Bonchev–Trinajstić information content (AvgIpc) is 3.08. The van der Waals surface area contributed by atoms with E-state index in [2.05, 4.69) is 11.1 Å². The van der Waals surface area contributed by atoms with Crippen molar-refractivity contribution in [2.24, 2.45) is 0 Å². The molecule has 0 aliphatic carbocycles. The van der Waals surface area contributed by atoms with Crippen LogP contribution in [0.25, 0.3) is 5.65 Å². The van der Waals surface area contributed by atoms with Crippen molar-refractivity contribution in [1.82, 2.24) is 9.38 Å². The standard InChI is InChI=1S/C17H13FN4O2/c1-21(17(23)11-3-4-14(18)15(8-11)24-2)13-7-12(9-19)16-20-5-6-22(16)10-13/h3-8,10H,1-2H3. The van der Waals surface area contributed by atoms with Crippen molar-refractivity contribution >= 4 is 17.2 Å². The second-order valence-corrected chi connectivity index (χ2v) is 5.10. The molecule has 2 aromatic heterocycles. The maximum Gasteiger partial charge on any atom is 0.258 e. The van der Waals surface area contributed by atoms with Gasteiger partial charge in [0.15, 0.2) is 17.2 Å². The zero-order valence-electron chi connectivity index (χ0n) is 13.0. The molecule has 1 aromatic carbocycles. The number of carbonyl (C=O) groups excluding carboxylic acids is 1. The smallest absolute Gasteiger partial charge is 0.258 e. The minimum Gasteiger partial charge on any atom is -0.494 e. The molecule has 0 radical (unpaired) electrons. The Balaban J connectivity index is 2.01. The molecule has 1 amide bonds. The number of fused-ring (bicyclic) bond motifs is 1. The largest absolute Gasteiger partial charge is 0.494 e. The molecule has 0 spiro atoms. The van der Waals surface area contributed by atoms with E-state index in [1.807, 2.05) is 0 Å². The summed E-state index contributed by atoms with van der Waals surface area (Å²) in [5.41, 5.74) is 1.67. The lowest BCUT2D eigenvalue weighted by Crippen LogP contribution is -2.26. The fourth-order valence-electron chi connectivity index (χ4n) is 2.39. The highest BCUT2D eigenvalue weighted by Gasteiger charge is 2.17. The number of nitriles is 1. The summed E-state index contributed by atoms with van der Waals surface area (Å²) in [6, 6.07) is 7.56. The summed E-state index contributed by atoms with van der Waals surface area (Å²) >= 11 is 0. The van der Waals surface area contributed by atoms with Gasteiger partial charge in [-0.25, -0.2) is 9.37 Å². The SMILES string of the molecule is COc1cc(C(=O)N(C)c2cc(C#N)c3nccn3c2)ccc1F. The van der Waals surface area contributed by atoms with Crippen molar-refractivity contribution < 1.29 is 13.9 Å². The van der Waals surface area contributed by atoms with Gasteiger partial charge in [-0.05, 0) is 24.3 Å². The third-order valence-electron chi connectivity index (χ3n) is 3.68. The van der Waals surface area contributed by atoms with Crippen LogP contribution in [0.3, 0.4) is 0 Å². The van der Waals surface area contributed by atoms with Crippen LogP contribution in [0.15, 0.2) is 42.9 Å². The highest BCUT2D eigenvalue weighted by Crippen LogP contribution is 2.23. The van der Waals surface area contributed by atoms with Crippen LogP contribution in [-0.4, -0.2) is 29.4 Å². The zero-order valence-corrected chi connectivity index (χ0v) is 13.0. The minimum absolute atomic E-state index is 0.00275. The number of amides is 1. The molecule has 7 heteroatoms. The van der Waals surface area contributed by atoms with E-state index >= 15 is 0 Å². The number of nitrogens with zero attached hydrogens (tertiary/aromatic N) is 4. The van der Waals surface area contributed by atoms with Gasteiger partial charge in [-0.15, -0.1) is 0 Å². The molecule has 0 unspecified atom stereocenters. The predicted octanol–water partition coefficient (Wildman–Crippen LogP) is 2.63. The highest BCUT2D eigenvalue weighted by atomic mass is 19.1. The first-order valence-electron chi connectivity index (χ1n) is 7.03. The highest BCUT2D eigenvalue weighted by molar-refractivity contribution is 6.06. The lowest BCUT2D eigenvalue weighted by Gasteiger charge is -2.18. The van der Waals surface area contributed by atoms with Crippen LogP contribution in [-0.2, 0) is 0 Å². The van der Waals surface area contributed by atoms with Crippen LogP contribution >= 0.6 is 0 Å². The lowest BCUT2D eigenvalue weighted by molar-refractivity contribution is 0.0992. The Hall–Kier alpha value is -3.40. The minimum atomic E-state index is -0.539. The van der Waals surface area contributed by atoms with Crippen molar-refractivity contribution in [3.05, 3.63) is 59.8 Å². The molecule has 6 nitrogen and oxygen atoms in total. The quantitative estimate of drug-likeness (QED) is 0.742. The third-order valence-corrected chi connectivity index (χ3v) is 3.68. The van der Waals surface area contributed by atoms with E-state index in [-0.39, 0.29) is 17.2 Å². The molecular formula is C17H13FN4O2. The van der Waals surface area contributed by atoms with Crippen molar-refractivity contribution in [2.75, 3.05) is 19.1 Å². The Morgan fingerprint density at radius 1 is 1.42 bits per heavy atom. The number of halogens is 1. The van der Waals surface area contributed by atoms with E-state index in [0.717, 1.165) is 0 Å². The molecule has 0 atom stereocenters. The monoisotopic (exact) mass is 324 g/mol. The molecule has 0 N–H and O–H groups in total. The Morgan fingerprint density at radius 2 is 2.21 bits per heavy atom. The summed E-state index contributed by atoms with van der Waals surface area (Å²) in [4.78, 5) is 18.1. The van der Waals surface area contributed by atoms with Crippen LogP contribution in [0, 0.1) is 17.1 Å². The van der Waals surface area contributed by atoms with Crippen LogP contribution in [0.1, 0.15) is 15.9 Å². The van der Waals surface area contributed by atoms with Gasteiger partial charge in [0, 0.05) is 31.2 Å². The van der Waals surface area contributed by atoms with E-state index in [0.29, 0.717) is 16.9 Å². The summed E-state index contributed by atoms with van der Waals surface area (Å²) in [5, 5.41) is 9.25. The number of benzene rings is 1.